The lowest BCUT2D eigenvalue weighted by molar-refractivity contribution is 0.0920. The average molecular weight is 438 g/mol. The molecule has 1 aromatic carbocycles. The van der Waals surface area contributed by atoms with Crippen LogP contribution < -0.4 is 21.1 Å². The zero-order valence-corrected chi connectivity index (χ0v) is 17.9. The fourth-order valence-corrected chi connectivity index (χ4v) is 3.79. The maximum absolute atomic E-state index is 12.2. The van der Waals surface area contributed by atoms with Crippen LogP contribution in [0, 0.1) is 0 Å². The predicted molar refractivity (Wildman–Crippen MR) is 116 cm³/mol. The number of nitrogens with two attached hydrogens (primary N) is 1. The van der Waals surface area contributed by atoms with Gasteiger partial charge in [-0.15, -0.1) is 11.3 Å². The molecule has 1 aliphatic rings. The fraction of sp³-hybridized carbons (Fsp3) is 0.368. The molecule has 1 aromatic heterocycles. The molecule has 29 heavy (non-hydrogen) atoms. The number of cyclic esters (lactones) is 1. The molecule has 3 rings (SSSR count). The number of halogens is 1. The Kier molecular flexibility index (Phi) is 6.96. The molecule has 0 aliphatic carbocycles. The normalized spacial score (nSPS) is 16.2. The van der Waals surface area contributed by atoms with Gasteiger partial charge in [-0.25, -0.2) is 10.6 Å². The van der Waals surface area contributed by atoms with Crippen LogP contribution in [0.3, 0.4) is 0 Å². The number of likely N-dealkylation sites (N-methyl/N-ethyl adjacent to an activating group) is 1. The smallest absolute Gasteiger partial charge is 0.414 e. The number of thiophene rings is 1. The van der Waals surface area contributed by atoms with Crippen molar-refractivity contribution >= 4 is 46.3 Å². The van der Waals surface area contributed by atoms with Crippen molar-refractivity contribution in [1.29, 1.82) is 0 Å². The van der Waals surface area contributed by atoms with Crippen LogP contribution in [0.1, 0.15) is 9.67 Å². The molecule has 2 heterocycles. The second-order valence-corrected chi connectivity index (χ2v) is 8.66. The van der Waals surface area contributed by atoms with Gasteiger partial charge in [-0.3, -0.25) is 9.69 Å². The van der Waals surface area contributed by atoms with Crippen molar-refractivity contribution < 1.29 is 14.3 Å². The fourth-order valence-electron chi connectivity index (χ4n) is 2.83. The zero-order valence-electron chi connectivity index (χ0n) is 16.3. The molecule has 1 atom stereocenters. The number of anilines is 2. The van der Waals surface area contributed by atoms with E-state index in [-0.39, 0.29) is 12.5 Å². The Morgan fingerprint density at radius 1 is 1.28 bits per heavy atom. The highest BCUT2D eigenvalue weighted by molar-refractivity contribution is 7.17. The van der Waals surface area contributed by atoms with Crippen LogP contribution >= 0.6 is 22.9 Å². The summed E-state index contributed by atoms with van der Waals surface area (Å²) >= 11 is 7.05. The van der Waals surface area contributed by atoms with Crippen LogP contribution in [-0.4, -0.2) is 63.3 Å². The van der Waals surface area contributed by atoms with Gasteiger partial charge in [-0.05, 0) is 50.5 Å². The van der Waals surface area contributed by atoms with Gasteiger partial charge >= 0.3 is 6.09 Å². The van der Waals surface area contributed by atoms with E-state index in [1.807, 2.05) is 38.4 Å². The number of nitrogens with zero attached hydrogens (tertiary/aromatic N) is 3. The molecule has 10 heteroatoms. The summed E-state index contributed by atoms with van der Waals surface area (Å²) in [6.45, 7) is 2.11. The molecule has 0 bridgehead atoms. The van der Waals surface area contributed by atoms with Gasteiger partial charge in [-0.2, -0.15) is 0 Å². The molecule has 1 aliphatic heterocycles. The van der Waals surface area contributed by atoms with Gasteiger partial charge in [0.15, 0.2) is 0 Å². The highest BCUT2D eigenvalue weighted by atomic mass is 35.5. The summed E-state index contributed by atoms with van der Waals surface area (Å²) in [6.07, 6.45) is -0.860. The molecule has 1 saturated heterocycles. The molecule has 0 saturated carbocycles. The van der Waals surface area contributed by atoms with Crippen LogP contribution in [0.25, 0.3) is 0 Å². The summed E-state index contributed by atoms with van der Waals surface area (Å²) in [6, 6.07) is 10.7. The molecular formula is C19H24ClN5O3S. The second-order valence-electron chi connectivity index (χ2n) is 6.94. The van der Waals surface area contributed by atoms with Crippen molar-refractivity contribution in [3.63, 3.8) is 0 Å². The molecular weight excluding hydrogens is 414 g/mol. The predicted octanol–water partition coefficient (Wildman–Crippen LogP) is 2.40. The third kappa shape index (κ3) is 5.60. The number of hydrogen-bond donors (Lipinski definition) is 2. The maximum atomic E-state index is 12.2. The Hall–Kier alpha value is -2.33. The van der Waals surface area contributed by atoms with E-state index in [1.165, 1.54) is 11.3 Å². The van der Waals surface area contributed by atoms with Gasteiger partial charge in [0.1, 0.15) is 6.10 Å². The van der Waals surface area contributed by atoms with Crippen molar-refractivity contribution in [2.75, 3.05) is 50.2 Å². The van der Waals surface area contributed by atoms with Crippen molar-refractivity contribution in [3.8, 4) is 0 Å². The highest BCUT2D eigenvalue weighted by Crippen LogP contribution is 2.24. The number of carbonyl (C=O) groups is 2. The van der Waals surface area contributed by atoms with Crippen molar-refractivity contribution in [2.24, 2.45) is 5.84 Å². The number of ether oxygens (including phenoxy) is 1. The highest BCUT2D eigenvalue weighted by Gasteiger charge is 2.32. The summed E-state index contributed by atoms with van der Waals surface area (Å²) in [4.78, 5) is 28.5. The van der Waals surface area contributed by atoms with Gasteiger partial charge < -0.3 is 20.0 Å². The molecule has 8 nitrogen and oxygen atoms in total. The van der Waals surface area contributed by atoms with E-state index in [0.29, 0.717) is 22.3 Å². The van der Waals surface area contributed by atoms with E-state index in [1.54, 1.807) is 22.0 Å². The lowest BCUT2D eigenvalue weighted by atomic mass is 10.2. The van der Waals surface area contributed by atoms with E-state index in [4.69, 9.17) is 22.2 Å². The standard InChI is InChI=1S/C19H24ClN5O3S/c1-23(2)9-10-25(21)14-5-3-13(4-6-14)24-12-15(28-19(24)27)11-22-18(26)16-7-8-17(20)29-16/h3-8,15H,9-12,21H2,1-2H3,(H,22,26). The minimum atomic E-state index is -0.437. The third-order valence-electron chi connectivity index (χ3n) is 4.44. The van der Waals surface area contributed by atoms with Gasteiger partial charge in [0.2, 0.25) is 0 Å². The van der Waals surface area contributed by atoms with E-state index < -0.39 is 12.2 Å². The largest absolute Gasteiger partial charge is 0.442 e. The molecule has 0 spiro atoms. The van der Waals surface area contributed by atoms with Crippen molar-refractivity contribution in [1.82, 2.24) is 10.2 Å². The third-order valence-corrected chi connectivity index (χ3v) is 5.67. The van der Waals surface area contributed by atoms with Crippen LogP contribution in [0.5, 0.6) is 0 Å². The number of carbonyl (C=O) groups excluding carboxylic acids is 2. The Morgan fingerprint density at radius 3 is 2.62 bits per heavy atom. The van der Waals surface area contributed by atoms with Gasteiger partial charge in [0, 0.05) is 18.8 Å². The molecule has 0 radical (unpaired) electrons. The Bertz CT molecular complexity index is 858. The van der Waals surface area contributed by atoms with E-state index in [9.17, 15) is 9.59 Å². The molecule has 3 N–H and O–H groups in total. The average Bonchev–Trinajstić information content (AvgIpc) is 3.30. The first-order chi connectivity index (χ1) is 13.8. The Balaban J connectivity index is 1.53. The quantitative estimate of drug-likeness (QED) is 0.486. The van der Waals surface area contributed by atoms with E-state index >= 15 is 0 Å². The summed E-state index contributed by atoms with van der Waals surface area (Å²) < 4.78 is 5.92. The summed E-state index contributed by atoms with van der Waals surface area (Å²) in [5.74, 6) is 5.83. The number of amides is 2. The summed E-state index contributed by atoms with van der Waals surface area (Å²) in [7, 11) is 3.98. The molecule has 2 aromatic rings. The number of nitrogens with one attached hydrogen (secondary N) is 1. The number of rotatable bonds is 8. The van der Waals surface area contributed by atoms with E-state index in [2.05, 4.69) is 10.2 Å². The van der Waals surface area contributed by atoms with Gasteiger partial charge in [0.05, 0.1) is 28.0 Å². The minimum Gasteiger partial charge on any atom is -0.442 e. The summed E-state index contributed by atoms with van der Waals surface area (Å²) in [5, 5.41) is 4.44. The molecule has 1 fully saturated rings. The zero-order chi connectivity index (χ0) is 21.0. The van der Waals surface area contributed by atoms with Crippen molar-refractivity contribution in [3.05, 3.63) is 45.6 Å². The van der Waals surface area contributed by atoms with Crippen LogP contribution in [0.15, 0.2) is 36.4 Å². The first kappa shape index (κ1) is 21.4. The monoisotopic (exact) mass is 437 g/mol. The maximum Gasteiger partial charge on any atom is 0.414 e. The SMILES string of the molecule is CN(C)CCN(N)c1ccc(N2CC(CNC(=O)c3ccc(Cl)s3)OC2=O)cc1. The lowest BCUT2D eigenvalue weighted by Gasteiger charge is -2.22. The van der Waals surface area contributed by atoms with Crippen LogP contribution in [0.2, 0.25) is 4.34 Å². The number of hydrazine groups is 1. The van der Waals surface area contributed by atoms with Crippen molar-refractivity contribution in [2.45, 2.75) is 6.10 Å². The molecule has 2 amide bonds. The van der Waals surface area contributed by atoms with Crippen LogP contribution in [0.4, 0.5) is 16.2 Å². The number of hydrogen-bond acceptors (Lipinski definition) is 7. The molecule has 156 valence electrons. The number of benzene rings is 1. The van der Waals surface area contributed by atoms with E-state index in [0.717, 1.165) is 17.9 Å². The first-order valence-corrected chi connectivity index (χ1v) is 10.3. The molecule has 1 unspecified atom stereocenters. The van der Waals surface area contributed by atoms with Gasteiger partial charge in [-0.1, -0.05) is 11.6 Å². The first-order valence-electron chi connectivity index (χ1n) is 9.12. The lowest BCUT2D eigenvalue weighted by Crippen LogP contribution is -2.37. The van der Waals surface area contributed by atoms with Gasteiger partial charge in [0.25, 0.3) is 5.91 Å². The second kappa shape index (κ2) is 9.45. The Labute approximate surface area is 178 Å². The Morgan fingerprint density at radius 2 is 2.00 bits per heavy atom. The summed E-state index contributed by atoms with van der Waals surface area (Å²) in [5.41, 5.74) is 1.58. The minimum absolute atomic E-state index is 0.232. The van der Waals surface area contributed by atoms with Crippen LogP contribution in [-0.2, 0) is 4.74 Å². The topological polar surface area (TPSA) is 91.1 Å².